The van der Waals surface area contributed by atoms with Gasteiger partial charge in [0, 0.05) is 36.7 Å². The molecule has 2 heterocycles. The second-order valence-electron chi connectivity index (χ2n) is 7.79. The zero-order chi connectivity index (χ0) is 21.5. The Morgan fingerprint density at radius 1 is 1.00 bits per heavy atom. The van der Waals surface area contributed by atoms with E-state index in [0.717, 1.165) is 54.9 Å². The molecule has 0 spiro atoms. The molecule has 1 N–H and O–H groups in total. The molecule has 30 heavy (non-hydrogen) atoms. The molecular formula is C24H33N3O2S. The molecule has 5 nitrogen and oxygen atoms in total. The molecule has 0 bridgehead atoms. The predicted molar refractivity (Wildman–Crippen MR) is 124 cm³/mol. The fourth-order valence-electron chi connectivity index (χ4n) is 3.92. The Labute approximate surface area is 184 Å². The van der Waals surface area contributed by atoms with Gasteiger partial charge in [-0.2, -0.15) is 0 Å². The molecule has 162 valence electrons. The predicted octanol–water partition coefficient (Wildman–Crippen LogP) is 4.22. The van der Waals surface area contributed by atoms with Crippen LogP contribution in [0.5, 0.6) is 0 Å². The monoisotopic (exact) mass is 427 g/mol. The van der Waals surface area contributed by atoms with Crippen LogP contribution in [0.15, 0.2) is 30.3 Å². The van der Waals surface area contributed by atoms with Crippen LogP contribution in [0.4, 0.5) is 5.69 Å². The van der Waals surface area contributed by atoms with E-state index < -0.39 is 0 Å². The summed E-state index contributed by atoms with van der Waals surface area (Å²) in [4.78, 5) is 31.7. The summed E-state index contributed by atoms with van der Waals surface area (Å²) < 4.78 is 0. The number of nitrogens with one attached hydrogen (secondary N) is 1. The van der Waals surface area contributed by atoms with Crippen molar-refractivity contribution in [1.29, 1.82) is 0 Å². The Bertz CT molecular complexity index is 869. The van der Waals surface area contributed by atoms with E-state index in [-0.39, 0.29) is 11.8 Å². The molecule has 2 amide bonds. The third-order valence-electron chi connectivity index (χ3n) is 5.66. The van der Waals surface area contributed by atoms with E-state index in [0.29, 0.717) is 19.6 Å². The number of carbonyl (C=O) groups is 2. The topological polar surface area (TPSA) is 52.7 Å². The van der Waals surface area contributed by atoms with Crippen molar-refractivity contribution >= 4 is 28.8 Å². The highest BCUT2D eigenvalue weighted by Gasteiger charge is 2.25. The molecule has 1 saturated heterocycles. The molecule has 0 radical (unpaired) electrons. The zero-order valence-corrected chi connectivity index (χ0v) is 19.2. The van der Waals surface area contributed by atoms with E-state index in [1.165, 1.54) is 10.4 Å². The largest absolute Gasteiger partial charge is 0.335 e. The number of rotatable bonds is 8. The first kappa shape index (κ1) is 22.5. The summed E-state index contributed by atoms with van der Waals surface area (Å²) in [5, 5.41) is 3.04. The zero-order valence-electron chi connectivity index (χ0n) is 18.4. The number of aryl methyl sites for hydroxylation is 3. The van der Waals surface area contributed by atoms with E-state index in [9.17, 15) is 9.59 Å². The molecule has 1 fully saturated rings. The van der Waals surface area contributed by atoms with Gasteiger partial charge in [0.1, 0.15) is 0 Å². The van der Waals surface area contributed by atoms with Gasteiger partial charge in [-0.05, 0) is 42.5 Å². The minimum Gasteiger partial charge on any atom is -0.335 e. The van der Waals surface area contributed by atoms with Crippen molar-refractivity contribution < 1.29 is 9.59 Å². The van der Waals surface area contributed by atoms with Crippen LogP contribution in [-0.4, -0.2) is 54.3 Å². The minimum absolute atomic E-state index is 0.00530. The first-order chi connectivity index (χ1) is 14.5. The van der Waals surface area contributed by atoms with E-state index >= 15 is 0 Å². The van der Waals surface area contributed by atoms with Gasteiger partial charge in [-0.15, -0.1) is 11.3 Å². The van der Waals surface area contributed by atoms with Crippen molar-refractivity contribution in [3.8, 4) is 0 Å². The normalized spacial score (nSPS) is 14.7. The highest BCUT2D eigenvalue weighted by molar-refractivity contribution is 7.14. The fourth-order valence-corrected chi connectivity index (χ4v) is 5.24. The second kappa shape index (κ2) is 10.7. The van der Waals surface area contributed by atoms with E-state index in [1.807, 2.05) is 29.2 Å². The van der Waals surface area contributed by atoms with Crippen molar-refractivity contribution in [3.63, 3.8) is 0 Å². The lowest BCUT2D eigenvalue weighted by Gasteiger charge is -2.34. The molecule has 1 aromatic carbocycles. The van der Waals surface area contributed by atoms with Gasteiger partial charge in [0.2, 0.25) is 5.91 Å². The van der Waals surface area contributed by atoms with Crippen molar-refractivity contribution in [1.82, 2.24) is 9.80 Å². The van der Waals surface area contributed by atoms with Crippen LogP contribution in [0.2, 0.25) is 0 Å². The lowest BCUT2D eigenvalue weighted by molar-refractivity contribution is -0.117. The maximum atomic E-state index is 13.0. The summed E-state index contributed by atoms with van der Waals surface area (Å²) in [5.41, 5.74) is 3.35. The fraction of sp³-hybridized carbons (Fsp3) is 0.500. The average Bonchev–Trinajstić information content (AvgIpc) is 3.17. The number of anilines is 1. The van der Waals surface area contributed by atoms with Gasteiger partial charge >= 0.3 is 0 Å². The Morgan fingerprint density at radius 2 is 1.70 bits per heavy atom. The van der Waals surface area contributed by atoms with Crippen LogP contribution in [0.3, 0.4) is 0 Å². The van der Waals surface area contributed by atoms with Crippen molar-refractivity contribution in [2.45, 2.75) is 46.5 Å². The number of hydrogen-bond acceptors (Lipinski definition) is 4. The minimum atomic E-state index is 0.00530. The maximum Gasteiger partial charge on any atom is 0.264 e. The number of hydrogen-bond donors (Lipinski definition) is 1. The van der Waals surface area contributed by atoms with Crippen LogP contribution in [0, 0.1) is 0 Å². The number of amides is 2. The molecule has 0 unspecified atom stereocenters. The van der Waals surface area contributed by atoms with Crippen LogP contribution in [0.1, 0.15) is 52.9 Å². The van der Waals surface area contributed by atoms with Crippen LogP contribution < -0.4 is 5.32 Å². The molecule has 1 aliphatic heterocycles. The molecule has 3 rings (SSSR count). The molecule has 0 aliphatic carbocycles. The lowest BCUT2D eigenvalue weighted by Crippen LogP contribution is -2.50. The van der Waals surface area contributed by atoms with Gasteiger partial charge in [-0.25, -0.2) is 0 Å². The summed E-state index contributed by atoms with van der Waals surface area (Å²) in [6.45, 7) is 9.56. The van der Waals surface area contributed by atoms with Crippen molar-refractivity contribution in [2.75, 3.05) is 38.0 Å². The summed E-state index contributed by atoms with van der Waals surface area (Å²) in [5.74, 6) is 0.142. The van der Waals surface area contributed by atoms with Crippen molar-refractivity contribution in [3.05, 3.63) is 51.2 Å². The number of piperazine rings is 1. The lowest BCUT2D eigenvalue weighted by atomic mass is 10.1. The van der Waals surface area contributed by atoms with E-state index in [1.54, 1.807) is 11.3 Å². The van der Waals surface area contributed by atoms with E-state index in [4.69, 9.17) is 0 Å². The van der Waals surface area contributed by atoms with Gasteiger partial charge in [0.15, 0.2) is 0 Å². The molecular weight excluding hydrogens is 394 g/mol. The van der Waals surface area contributed by atoms with Gasteiger partial charge in [-0.1, -0.05) is 45.4 Å². The van der Waals surface area contributed by atoms with Gasteiger partial charge < -0.3 is 10.2 Å². The Hall–Kier alpha value is -2.18. The third kappa shape index (κ3) is 5.49. The molecule has 1 aliphatic rings. The third-order valence-corrected chi connectivity index (χ3v) is 6.89. The Kier molecular flexibility index (Phi) is 8.05. The summed E-state index contributed by atoms with van der Waals surface area (Å²) in [7, 11) is 0. The molecule has 0 saturated carbocycles. The van der Waals surface area contributed by atoms with E-state index in [2.05, 4.69) is 37.1 Å². The first-order valence-corrected chi connectivity index (χ1v) is 11.9. The first-order valence-electron chi connectivity index (χ1n) is 11.1. The van der Waals surface area contributed by atoms with Crippen LogP contribution in [-0.2, 0) is 24.1 Å². The maximum absolute atomic E-state index is 13.0. The van der Waals surface area contributed by atoms with Gasteiger partial charge in [-0.3, -0.25) is 14.5 Å². The van der Waals surface area contributed by atoms with Crippen LogP contribution in [0.25, 0.3) is 0 Å². The number of para-hydroxylation sites is 1. The van der Waals surface area contributed by atoms with Crippen LogP contribution >= 0.6 is 11.3 Å². The highest BCUT2D eigenvalue weighted by atomic mass is 32.1. The van der Waals surface area contributed by atoms with Crippen molar-refractivity contribution in [2.24, 2.45) is 0 Å². The SMILES string of the molecule is CCCc1sc(C(=O)N2CCN(CC(=O)Nc3ccccc3CC)CC2)cc1CC. The van der Waals surface area contributed by atoms with Gasteiger partial charge in [0.25, 0.3) is 5.91 Å². The molecule has 6 heteroatoms. The number of benzene rings is 1. The highest BCUT2D eigenvalue weighted by Crippen LogP contribution is 2.26. The summed E-state index contributed by atoms with van der Waals surface area (Å²) in [6.07, 6.45) is 4.01. The number of thiophene rings is 1. The number of carbonyl (C=O) groups excluding carboxylic acids is 2. The quantitative estimate of drug-likeness (QED) is 0.686. The Balaban J connectivity index is 1.52. The smallest absolute Gasteiger partial charge is 0.264 e. The standard InChI is InChI=1S/C24H33N3O2S/c1-4-9-21-19(6-3)16-22(30-21)24(29)27-14-12-26(13-15-27)17-23(28)25-20-11-8-7-10-18(20)5-2/h7-8,10-11,16H,4-6,9,12-15,17H2,1-3H3,(H,25,28). The summed E-state index contributed by atoms with van der Waals surface area (Å²) in [6, 6.07) is 10.0. The summed E-state index contributed by atoms with van der Waals surface area (Å²) >= 11 is 1.66. The molecule has 2 aromatic rings. The molecule has 1 aromatic heterocycles. The second-order valence-corrected chi connectivity index (χ2v) is 8.93. The van der Waals surface area contributed by atoms with Gasteiger partial charge in [0.05, 0.1) is 11.4 Å². The number of nitrogens with zero attached hydrogens (tertiary/aromatic N) is 2. The average molecular weight is 428 g/mol. The Morgan fingerprint density at radius 3 is 2.37 bits per heavy atom. The molecule has 0 atom stereocenters.